The van der Waals surface area contributed by atoms with Gasteiger partial charge >= 0.3 is 7.25 Å². The minimum absolute atomic E-state index is 0.284. The zero-order valence-electron chi connectivity index (χ0n) is 16.2. The van der Waals surface area contributed by atoms with Gasteiger partial charge in [0.05, 0.1) is 16.6 Å². The SMILES string of the molecule is CC(C)(C)c1ccc([PH+](C2CCCC2)C2CCCC2)cc1.F[B-](F)(F)F. The van der Waals surface area contributed by atoms with Crippen LogP contribution in [0.15, 0.2) is 24.3 Å². The largest absolute Gasteiger partial charge is 0.673 e. The first kappa shape index (κ1) is 21.7. The lowest BCUT2D eigenvalue weighted by Gasteiger charge is -2.24. The average molecular weight is 390 g/mol. The first-order valence-electron chi connectivity index (χ1n) is 9.90. The zero-order chi connectivity index (χ0) is 19.4. The summed E-state index contributed by atoms with van der Waals surface area (Å²) in [7, 11) is -6.34. The van der Waals surface area contributed by atoms with E-state index < -0.39 is 7.25 Å². The van der Waals surface area contributed by atoms with Crippen LogP contribution >= 0.6 is 7.92 Å². The quantitative estimate of drug-likeness (QED) is 0.296. The highest BCUT2D eigenvalue weighted by molar-refractivity contribution is 7.67. The van der Waals surface area contributed by atoms with Gasteiger partial charge in [0.25, 0.3) is 0 Å². The second-order valence-electron chi connectivity index (χ2n) is 8.74. The molecule has 3 rings (SSSR count). The lowest BCUT2D eigenvalue weighted by molar-refractivity contribution is 0.368. The van der Waals surface area contributed by atoms with Gasteiger partial charge in [-0.2, -0.15) is 0 Å². The molecule has 26 heavy (non-hydrogen) atoms. The lowest BCUT2D eigenvalue weighted by Crippen LogP contribution is -2.20. The summed E-state index contributed by atoms with van der Waals surface area (Å²) in [6.45, 7) is 6.96. The second kappa shape index (κ2) is 9.08. The highest BCUT2D eigenvalue weighted by Gasteiger charge is 2.40. The van der Waals surface area contributed by atoms with Crippen LogP contribution in [0.5, 0.6) is 0 Å². The van der Waals surface area contributed by atoms with E-state index in [0.29, 0.717) is 0 Å². The monoisotopic (exact) mass is 390 g/mol. The molecular formula is C20H32BF4P. The summed E-state index contributed by atoms with van der Waals surface area (Å²) in [5.74, 6) is 0. The number of benzene rings is 1. The smallest absolute Gasteiger partial charge is 0.418 e. The first-order chi connectivity index (χ1) is 12.1. The summed E-state index contributed by atoms with van der Waals surface area (Å²) in [4.78, 5) is 0. The number of halogens is 4. The minimum atomic E-state index is -6.00. The van der Waals surface area contributed by atoms with Gasteiger partial charge in [0, 0.05) is 7.92 Å². The number of rotatable bonds is 3. The number of hydrogen-bond donors (Lipinski definition) is 0. The normalized spacial score (nSPS) is 19.7. The Morgan fingerprint density at radius 3 is 1.42 bits per heavy atom. The molecule has 0 aromatic heterocycles. The van der Waals surface area contributed by atoms with Crippen molar-refractivity contribution in [2.75, 3.05) is 0 Å². The van der Waals surface area contributed by atoms with Crippen molar-refractivity contribution < 1.29 is 17.3 Å². The maximum atomic E-state index is 9.75. The van der Waals surface area contributed by atoms with Crippen LogP contribution in [-0.4, -0.2) is 18.6 Å². The van der Waals surface area contributed by atoms with Crippen LogP contribution < -0.4 is 5.30 Å². The topological polar surface area (TPSA) is 0 Å². The van der Waals surface area contributed by atoms with Crippen molar-refractivity contribution in [3.05, 3.63) is 29.8 Å². The summed E-state index contributed by atoms with van der Waals surface area (Å²) in [6.07, 6.45) is 12.0. The molecule has 2 saturated carbocycles. The van der Waals surface area contributed by atoms with Crippen LogP contribution in [0.3, 0.4) is 0 Å². The summed E-state index contributed by atoms with van der Waals surface area (Å²) in [5, 5.41) is 1.74. The average Bonchev–Trinajstić information content (AvgIpc) is 3.19. The van der Waals surface area contributed by atoms with Gasteiger partial charge in [0.2, 0.25) is 0 Å². The molecule has 0 saturated heterocycles. The molecular weight excluding hydrogens is 358 g/mol. The van der Waals surface area contributed by atoms with Crippen molar-refractivity contribution in [1.29, 1.82) is 0 Å². The maximum Gasteiger partial charge on any atom is 0.673 e. The molecule has 0 N–H and O–H groups in total. The van der Waals surface area contributed by atoms with E-state index in [1.54, 1.807) is 5.30 Å². The summed E-state index contributed by atoms with van der Waals surface area (Å²) < 4.78 is 39.0. The molecule has 2 aliphatic carbocycles. The van der Waals surface area contributed by atoms with E-state index in [2.05, 4.69) is 45.0 Å². The highest BCUT2D eigenvalue weighted by Crippen LogP contribution is 2.56. The first-order valence-corrected chi connectivity index (χ1v) is 11.6. The van der Waals surface area contributed by atoms with Crippen LogP contribution in [0, 0.1) is 0 Å². The van der Waals surface area contributed by atoms with Crippen LogP contribution in [0.1, 0.15) is 77.7 Å². The summed E-state index contributed by atoms with van der Waals surface area (Å²) in [5.41, 5.74) is 3.91. The standard InChI is InChI=1S/C20H31P.BF4/c1-20(2,3)16-12-14-19(15-13-16)21(17-8-4-5-9-17)18-10-6-7-11-18;2-1(3,4)5/h12-15,17-18H,4-11H2,1-3H3;/q;-1/p+1. The molecule has 148 valence electrons. The fourth-order valence-electron chi connectivity index (χ4n) is 4.44. The zero-order valence-corrected chi connectivity index (χ0v) is 17.2. The molecule has 2 fully saturated rings. The van der Waals surface area contributed by atoms with E-state index in [0.717, 1.165) is 11.3 Å². The van der Waals surface area contributed by atoms with Crippen molar-refractivity contribution in [2.24, 2.45) is 0 Å². The van der Waals surface area contributed by atoms with E-state index in [4.69, 9.17) is 0 Å². The Morgan fingerprint density at radius 2 is 1.12 bits per heavy atom. The predicted octanol–water partition coefficient (Wildman–Crippen LogP) is 7.01. The van der Waals surface area contributed by atoms with E-state index in [-0.39, 0.29) is 13.3 Å². The fourth-order valence-corrected chi connectivity index (χ4v) is 8.66. The van der Waals surface area contributed by atoms with Gasteiger partial charge in [-0.05, 0) is 74.5 Å². The third-order valence-corrected chi connectivity index (χ3v) is 9.59. The molecule has 0 spiro atoms. The Labute approximate surface area is 157 Å². The highest BCUT2D eigenvalue weighted by atomic mass is 31.1. The molecule has 0 amide bonds. The molecule has 0 unspecified atom stereocenters. The Balaban J connectivity index is 0.000000431. The van der Waals surface area contributed by atoms with E-state index in [9.17, 15) is 17.3 Å². The van der Waals surface area contributed by atoms with Gasteiger partial charge in [0.15, 0.2) is 0 Å². The van der Waals surface area contributed by atoms with Gasteiger partial charge in [-0.3, -0.25) is 0 Å². The van der Waals surface area contributed by atoms with Gasteiger partial charge in [-0.25, -0.2) is 0 Å². The second-order valence-corrected chi connectivity index (χ2v) is 11.9. The van der Waals surface area contributed by atoms with Crippen molar-refractivity contribution in [2.45, 2.75) is 88.9 Å². The molecule has 2 aliphatic rings. The molecule has 6 heteroatoms. The van der Waals surface area contributed by atoms with Gasteiger partial charge < -0.3 is 17.3 Å². The van der Waals surface area contributed by atoms with Crippen LogP contribution in [0.25, 0.3) is 0 Å². The van der Waals surface area contributed by atoms with Gasteiger partial charge in [0.1, 0.15) is 0 Å². The van der Waals surface area contributed by atoms with Gasteiger partial charge in [-0.1, -0.05) is 32.9 Å². The van der Waals surface area contributed by atoms with Gasteiger partial charge in [-0.15, -0.1) is 0 Å². The number of hydrogen-bond acceptors (Lipinski definition) is 0. The molecule has 0 aliphatic heterocycles. The van der Waals surface area contributed by atoms with Crippen molar-refractivity contribution in [1.82, 2.24) is 0 Å². The predicted molar refractivity (Wildman–Crippen MR) is 108 cm³/mol. The van der Waals surface area contributed by atoms with Crippen molar-refractivity contribution >= 4 is 20.5 Å². The van der Waals surface area contributed by atoms with E-state index >= 15 is 0 Å². The Kier molecular flexibility index (Phi) is 7.59. The molecule has 0 radical (unpaired) electrons. The van der Waals surface area contributed by atoms with Crippen LogP contribution in [-0.2, 0) is 5.41 Å². The third-order valence-electron chi connectivity index (χ3n) is 5.67. The summed E-state index contributed by atoms with van der Waals surface area (Å²) in [6, 6.07) is 9.85. The molecule has 0 heterocycles. The van der Waals surface area contributed by atoms with Crippen LogP contribution in [0.4, 0.5) is 17.3 Å². The minimum Gasteiger partial charge on any atom is -0.418 e. The Hall–Kier alpha value is -0.565. The van der Waals surface area contributed by atoms with Crippen molar-refractivity contribution in [3.8, 4) is 0 Å². The third kappa shape index (κ3) is 6.87. The van der Waals surface area contributed by atoms with Crippen molar-refractivity contribution in [3.63, 3.8) is 0 Å². The Morgan fingerprint density at radius 1 is 0.769 bits per heavy atom. The molecule has 1 aromatic carbocycles. The molecule has 0 atom stereocenters. The summed E-state index contributed by atoms with van der Waals surface area (Å²) >= 11 is 0. The van der Waals surface area contributed by atoms with Crippen LogP contribution in [0.2, 0.25) is 0 Å². The van der Waals surface area contributed by atoms with E-state index in [1.165, 1.54) is 56.9 Å². The fraction of sp³-hybridized carbons (Fsp3) is 0.700. The lowest BCUT2D eigenvalue weighted by atomic mass is 9.87. The maximum absolute atomic E-state index is 9.75. The molecule has 1 aromatic rings. The molecule has 0 nitrogen and oxygen atoms in total. The van der Waals surface area contributed by atoms with E-state index in [1.807, 2.05) is 0 Å². The molecule has 0 bridgehead atoms. The Bertz CT molecular complexity index is 516.